The van der Waals surface area contributed by atoms with Crippen molar-refractivity contribution in [2.24, 2.45) is 44.8 Å². The summed E-state index contributed by atoms with van der Waals surface area (Å²) in [6.07, 6.45) is 7.21. The predicted octanol–water partition coefficient (Wildman–Crippen LogP) is 6.08. The molecule has 0 aromatic heterocycles. The first-order valence-corrected chi connectivity index (χ1v) is 14.4. The molecule has 0 unspecified atom stereocenters. The lowest BCUT2D eigenvalue weighted by molar-refractivity contribution is -0.233. The minimum absolute atomic E-state index is 0.0125. The van der Waals surface area contributed by atoms with Gasteiger partial charge in [0.1, 0.15) is 12.7 Å². The summed E-state index contributed by atoms with van der Waals surface area (Å²) >= 11 is 5.32. The average molecular weight is 535 g/mol. The van der Waals surface area contributed by atoms with E-state index in [1.165, 1.54) is 14.0 Å². The van der Waals surface area contributed by atoms with Crippen molar-refractivity contribution in [3.05, 3.63) is 0 Å². The number of carbonyl (C=O) groups excluding carboxylic acids is 3. The minimum atomic E-state index is -1.40. The molecule has 6 nitrogen and oxygen atoms in total. The van der Waals surface area contributed by atoms with Crippen molar-refractivity contribution in [3.8, 4) is 0 Å². The third-order valence-corrected chi connectivity index (χ3v) is 12.2. The number of hydrogen-bond acceptors (Lipinski definition) is 7. The molecule has 0 aromatic carbocycles. The summed E-state index contributed by atoms with van der Waals surface area (Å²) in [4.78, 5) is 38.9. The minimum Gasteiger partial charge on any atom is -0.484 e. The first-order valence-electron chi connectivity index (χ1n) is 14.0. The Bertz CT molecular complexity index is 991. The van der Waals surface area contributed by atoms with Crippen LogP contribution in [0.4, 0.5) is 0 Å². The monoisotopic (exact) mass is 534 g/mol. The highest BCUT2D eigenvalue weighted by Crippen LogP contribution is 2.74. The maximum absolute atomic E-state index is 14.2. The van der Waals surface area contributed by atoms with Gasteiger partial charge >= 0.3 is 11.9 Å². The highest BCUT2D eigenvalue weighted by Gasteiger charge is 2.71. The summed E-state index contributed by atoms with van der Waals surface area (Å²) in [5.74, 6) is -0.392. The summed E-state index contributed by atoms with van der Waals surface area (Å²) < 4.78 is 16.6. The van der Waals surface area contributed by atoms with Crippen LogP contribution in [0.1, 0.15) is 99.8 Å². The zero-order chi connectivity index (χ0) is 27.6. The maximum Gasteiger partial charge on any atom is 0.322 e. The third-order valence-electron chi connectivity index (χ3n) is 12.1. The molecule has 4 saturated carbocycles. The Morgan fingerprint density at radius 3 is 2.16 bits per heavy atom. The largest absolute Gasteiger partial charge is 0.484 e. The van der Waals surface area contributed by atoms with E-state index in [1.54, 1.807) is 0 Å². The van der Waals surface area contributed by atoms with Gasteiger partial charge in [-0.2, -0.15) is 0 Å². The third kappa shape index (κ3) is 4.00. The Balaban J connectivity index is 1.68. The predicted molar refractivity (Wildman–Crippen MR) is 145 cm³/mol. The van der Waals surface area contributed by atoms with E-state index in [0.29, 0.717) is 23.3 Å². The summed E-state index contributed by atoms with van der Waals surface area (Å²) in [5, 5.41) is 0.624. The SMILES string of the molecule is COC(=O)[C@]1(COC(C)=O)CC[C@]2(C)[C@H](CC[C@@H]3[C@@]4(C)CC[C@H](OC(C)=S)C(C)(C)[C@@H]4CC[C@]32C)C1=O. The Hall–Kier alpha value is -1.50. The number of hydrogen-bond donors (Lipinski definition) is 0. The van der Waals surface area contributed by atoms with Gasteiger partial charge < -0.3 is 14.2 Å². The average Bonchev–Trinajstić information content (AvgIpc) is 2.81. The summed E-state index contributed by atoms with van der Waals surface area (Å²) in [5.41, 5.74) is -1.48. The second kappa shape index (κ2) is 9.31. The molecular formula is C30H46O6S. The van der Waals surface area contributed by atoms with Crippen molar-refractivity contribution < 1.29 is 28.6 Å². The quantitative estimate of drug-likeness (QED) is 0.246. The van der Waals surface area contributed by atoms with Crippen LogP contribution >= 0.6 is 12.2 Å². The van der Waals surface area contributed by atoms with Crippen molar-refractivity contribution in [1.29, 1.82) is 0 Å². The number of fused-ring (bicyclic) bond motifs is 5. The van der Waals surface area contributed by atoms with Crippen LogP contribution in [0.25, 0.3) is 0 Å². The summed E-state index contributed by atoms with van der Waals surface area (Å²) in [6.45, 7) is 14.9. The van der Waals surface area contributed by atoms with Gasteiger partial charge in [0.25, 0.3) is 0 Å². The van der Waals surface area contributed by atoms with Gasteiger partial charge in [0.15, 0.2) is 16.2 Å². The van der Waals surface area contributed by atoms with Crippen LogP contribution in [-0.4, -0.2) is 42.6 Å². The van der Waals surface area contributed by atoms with Gasteiger partial charge in [-0.25, -0.2) is 0 Å². The van der Waals surface area contributed by atoms with Crippen molar-refractivity contribution in [2.75, 3.05) is 13.7 Å². The Morgan fingerprint density at radius 2 is 1.57 bits per heavy atom. The molecule has 8 atom stereocenters. The molecule has 0 aromatic rings. The van der Waals surface area contributed by atoms with Gasteiger partial charge in [-0.1, -0.05) is 34.6 Å². The van der Waals surface area contributed by atoms with E-state index in [9.17, 15) is 14.4 Å². The molecule has 208 valence electrons. The van der Waals surface area contributed by atoms with Gasteiger partial charge in [0.05, 0.1) is 7.11 Å². The zero-order valence-corrected chi connectivity index (χ0v) is 24.8. The fourth-order valence-corrected chi connectivity index (χ4v) is 10.1. The van der Waals surface area contributed by atoms with Crippen LogP contribution in [0.5, 0.6) is 0 Å². The first kappa shape index (κ1) is 28.5. The molecule has 0 aliphatic heterocycles. The number of methoxy groups -OCH3 is 1. The number of thiocarbonyl (C=S) groups is 1. The number of ketones is 1. The number of esters is 2. The van der Waals surface area contributed by atoms with Gasteiger partial charge in [-0.15, -0.1) is 0 Å². The van der Waals surface area contributed by atoms with Crippen molar-refractivity contribution in [2.45, 2.75) is 106 Å². The Labute approximate surface area is 227 Å². The van der Waals surface area contributed by atoms with Crippen molar-refractivity contribution >= 4 is 35.0 Å². The molecule has 0 heterocycles. The molecule has 0 bridgehead atoms. The van der Waals surface area contributed by atoms with E-state index in [1.807, 2.05) is 6.92 Å². The Morgan fingerprint density at radius 1 is 0.892 bits per heavy atom. The molecule has 7 heteroatoms. The smallest absolute Gasteiger partial charge is 0.322 e. The fourth-order valence-electron chi connectivity index (χ4n) is 9.96. The van der Waals surface area contributed by atoms with E-state index in [0.717, 1.165) is 44.9 Å². The van der Waals surface area contributed by atoms with Crippen LogP contribution in [0.15, 0.2) is 0 Å². The zero-order valence-electron chi connectivity index (χ0n) is 24.0. The molecule has 37 heavy (non-hydrogen) atoms. The topological polar surface area (TPSA) is 78.9 Å². The van der Waals surface area contributed by atoms with Crippen LogP contribution in [0, 0.1) is 44.8 Å². The maximum atomic E-state index is 14.2. The summed E-state index contributed by atoms with van der Waals surface area (Å²) in [6, 6.07) is 0. The van der Waals surface area contributed by atoms with E-state index in [2.05, 4.69) is 34.6 Å². The number of rotatable bonds is 4. The van der Waals surface area contributed by atoms with E-state index in [-0.39, 0.29) is 46.1 Å². The normalized spacial score (nSPS) is 44.5. The van der Waals surface area contributed by atoms with Crippen LogP contribution in [-0.2, 0) is 28.6 Å². The van der Waals surface area contributed by atoms with Crippen LogP contribution in [0.3, 0.4) is 0 Å². The van der Waals surface area contributed by atoms with E-state index < -0.39 is 17.4 Å². The molecule has 4 aliphatic rings. The lowest BCUT2D eigenvalue weighted by Gasteiger charge is -2.71. The van der Waals surface area contributed by atoms with E-state index >= 15 is 0 Å². The summed E-state index contributed by atoms with van der Waals surface area (Å²) in [7, 11) is 1.31. The molecule has 0 amide bonds. The second-order valence-corrected chi connectivity index (χ2v) is 14.4. The van der Waals surface area contributed by atoms with E-state index in [4.69, 9.17) is 26.4 Å². The number of Topliss-reactive ketones (excluding diaryl/α,β-unsaturated/α-hetero) is 1. The molecule has 0 saturated heterocycles. The fraction of sp³-hybridized carbons (Fsp3) is 0.867. The molecule has 0 spiro atoms. The second-order valence-electron chi connectivity index (χ2n) is 13.8. The van der Waals surface area contributed by atoms with Crippen LogP contribution in [0.2, 0.25) is 0 Å². The highest BCUT2D eigenvalue weighted by atomic mass is 32.1. The lowest BCUT2D eigenvalue weighted by atomic mass is 9.33. The molecule has 0 N–H and O–H groups in total. The highest BCUT2D eigenvalue weighted by molar-refractivity contribution is 7.80. The number of ether oxygens (including phenoxy) is 3. The first-order chi connectivity index (χ1) is 17.1. The van der Waals surface area contributed by atoms with Crippen molar-refractivity contribution in [1.82, 2.24) is 0 Å². The van der Waals surface area contributed by atoms with Crippen LogP contribution < -0.4 is 0 Å². The van der Waals surface area contributed by atoms with Gasteiger partial charge in [0, 0.05) is 25.2 Å². The lowest BCUT2D eigenvalue weighted by Crippen LogP contribution is -2.68. The molecule has 4 fully saturated rings. The van der Waals surface area contributed by atoms with Gasteiger partial charge in [0.2, 0.25) is 0 Å². The molecular weight excluding hydrogens is 488 g/mol. The molecule has 0 radical (unpaired) electrons. The van der Waals surface area contributed by atoms with Gasteiger partial charge in [-0.05, 0) is 91.7 Å². The number of carbonyl (C=O) groups is 3. The molecule has 4 aliphatic carbocycles. The van der Waals surface area contributed by atoms with Crippen molar-refractivity contribution in [3.63, 3.8) is 0 Å². The Kier molecular flexibility index (Phi) is 7.17. The molecule has 4 rings (SSSR count). The van der Waals surface area contributed by atoms with Gasteiger partial charge in [-0.3, -0.25) is 14.4 Å². The standard InChI is InChI=1S/C30H46O6S/c1-18(31)35-17-30(25(33)34-8)16-15-28(6)20(24(30)32)9-10-22-27(5)13-12-23(36-19(2)37)26(3,4)21(27)11-14-29(22,28)7/h20-23H,9-17H2,1-8H3/t20-,21+,22-,23+,27+,28-,29-,30+/m1/s1.